The second-order valence-corrected chi connectivity index (χ2v) is 10.6. The normalized spacial score (nSPS) is 17.4. The fourth-order valence-electron chi connectivity index (χ4n) is 5.36. The van der Waals surface area contributed by atoms with Crippen molar-refractivity contribution >= 4 is 27.4 Å². The van der Waals surface area contributed by atoms with Gasteiger partial charge in [-0.3, -0.25) is 9.69 Å². The molecule has 0 amide bonds. The molecule has 2 N–H and O–H groups in total. The Labute approximate surface area is 230 Å². The average Bonchev–Trinajstić information content (AvgIpc) is 2.90. The molecule has 38 heavy (non-hydrogen) atoms. The zero-order valence-electron chi connectivity index (χ0n) is 21.2. The van der Waals surface area contributed by atoms with Gasteiger partial charge < -0.3 is 10.5 Å². The SMILES string of the molecule is Cc1cc(C)c(C2C(C#N)=C(N)N(c3ccc(F)cc3)C3=C2C(=O)CCC3)cc1COc1ccc(Br)cc1. The lowest BCUT2D eigenvalue weighted by molar-refractivity contribution is -0.116. The standard InChI is InChI=1S/C31H27BrFN3O2/c1-18-14-19(2)25(15-20(18)17-38-24-12-6-21(32)7-13-24)29-26(16-34)31(35)36(23-10-8-22(33)9-11-23)27-4-3-5-28(37)30(27)29/h6-15,29H,3-5,17,35H2,1-2H3. The Hall–Kier alpha value is -3.89. The van der Waals surface area contributed by atoms with Crippen LogP contribution < -0.4 is 15.4 Å². The van der Waals surface area contributed by atoms with E-state index in [0.717, 1.165) is 38.2 Å². The summed E-state index contributed by atoms with van der Waals surface area (Å²) in [5, 5.41) is 10.3. The Morgan fingerprint density at radius 2 is 1.79 bits per heavy atom. The number of nitrogens with two attached hydrogens (primary N) is 1. The predicted octanol–water partition coefficient (Wildman–Crippen LogP) is 7.09. The number of carbonyl (C=O) groups excluding carboxylic acids is 1. The monoisotopic (exact) mass is 571 g/mol. The molecule has 0 aromatic heterocycles. The van der Waals surface area contributed by atoms with E-state index in [9.17, 15) is 14.4 Å². The molecule has 0 fully saturated rings. The molecular formula is C31H27BrFN3O2. The summed E-state index contributed by atoms with van der Waals surface area (Å²) in [6.07, 6.45) is 1.74. The van der Waals surface area contributed by atoms with E-state index in [0.29, 0.717) is 42.7 Å². The largest absolute Gasteiger partial charge is 0.489 e. The summed E-state index contributed by atoms with van der Waals surface area (Å²) >= 11 is 3.44. The van der Waals surface area contributed by atoms with Crippen molar-refractivity contribution in [2.45, 2.75) is 45.6 Å². The number of ether oxygens (including phenoxy) is 1. The molecule has 0 spiro atoms. The zero-order valence-corrected chi connectivity index (χ0v) is 22.8. The van der Waals surface area contributed by atoms with Crippen LogP contribution >= 0.6 is 15.9 Å². The van der Waals surface area contributed by atoms with Crippen LogP contribution in [0.2, 0.25) is 0 Å². The number of halogens is 2. The first kappa shape index (κ1) is 25.7. The van der Waals surface area contributed by atoms with Gasteiger partial charge in [0.1, 0.15) is 24.0 Å². The van der Waals surface area contributed by atoms with Crippen LogP contribution in [0.4, 0.5) is 10.1 Å². The van der Waals surface area contributed by atoms with Crippen LogP contribution in [0.1, 0.15) is 47.4 Å². The molecule has 5 rings (SSSR count). The minimum atomic E-state index is -0.577. The van der Waals surface area contributed by atoms with Crippen LogP contribution in [0.25, 0.3) is 0 Å². The van der Waals surface area contributed by atoms with Crippen molar-refractivity contribution in [2.24, 2.45) is 5.73 Å². The third-order valence-corrected chi connectivity index (χ3v) is 7.77. The third-order valence-electron chi connectivity index (χ3n) is 7.24. The molecule has 0 saturated carbocycles. The van der Waals surface area contributed by atoms with E-state index >= 15 is 0 Å². The van der Waals surface area contributed by atoms with E-state index in [-0.39, 0.29) is 17.4 Å². The molecule has 1 atom stereocenters. The molecule has 5 nitrogen and oxygen atoms in total. The Morgan fingerprint density at radius 3 is 2.47 bits per heavy atom. The number of aryl methyl sites for hydroxylation is 2. The van der Waals surface area contributed by atoms with E-state index in [1.165, 1.54) is 12.1 Å². The number of hydrogen-bond donors (Lipinski definition) is 1. The van der Waals surface area contributed by atoms with Crippen molar-refractivity contribution < 1.29 is 13.9 Å². The molecule has 3 aromatic carbocycles. The highest BCUT2D eigenvalue weighted by molar-refractivity contribution is 9.10. The number of nitrogens with zero attached hydrogens (tertiary/aromatic N) is 2. The number of Topliss-reactive ketones (excluding diaryl/α,β-unsaturated/α-hetero) is 1. The number of hydrogen-bond acceptors (Lipinski definition) is 5. The minimum Gasteiger partial charge on any atom is -0.489 e. The highest BCUT2D eigenvalue weighted by Crippen LogP contribution is 2.47. The van der Waals surface area contributed by atoms with E-state index in [4.69, 9.17) is 10.5 Å². The average molecular weight is 572 g/mol. The summed E-state index contributed by atoms with van der Waals surface area (Å²) in [7, 11) is 0. The number of rotatable bonds is 5. The minimum absolute atomic E-state index is 0.0104. The van der Waals surface area contributed by atoms with E-state index < -0.39 is 5.92 Å². The Balaban J connectivity index is 1.61. The quantitative estimate of drug-likeness (QED) is 0.353. The highest BCUT2D eigenvalue weighted by Gasteiger charge is 2.41. The first-order valence-electron chi connectivity index (χ1n) is 12.5. The lowest BCUT2D eigenvalue weighted by Gasteiger charge is -2.40. The molecule has 0 radical (unpaired) electrons. The van der Waals surface area contributed by atoms with Gasteiger partial charge in [0.05, 0.1) is 17.6 Å². The van der Waals surface area contributed by atoms with Gasteiger partial charge >= 0.3 is 0 Å². The van der Waals surface area contributed by atoms with Crippen LogP contribution in [0.3, 0.4) is 0 Å². The summed E-state index contributed by atoms with van der Waals surface area (Å²) in [6.45, 7) is 4.36. The summed E-state index contributed by atoms with van der Waals surface area (Å²) in [5.41, 5.74) is 12.9. The van der Waals surface area contributed by atoms with Crippen molar-refractivity contribution in [3.63, 3.8) is 0 Å². The molecule has 0 bridgehead atoms. The van der Waals surface area contributed by atoms with Crippen LogP contribution in [0.15, 0.2) is 87.8 Å². The van der Waals surface area contributed by atoms with Gasteiger partial charge in [0.25, 0.3) is 0 Å². The maximum absolute atomic E-state index is 13.7. The number of nitriles is 1. The molecule has 7 heteroatoms. The lowest BCUT2D eigenvalue weighted by Crippen LogP contribution is -2.39. The molecule has 1 aliphatic heterocycles. The summed E-state index contributed by atoms with van der Waals surface area (Å²) in [6, 6.07) is 20.0. The van der Waals surface area contributed by atoms with Crippen LogP contribution in [0.5, 0.6) is 5.75 Å². The summed E-state index contributed by atoms with van der Waals surface area (Å²) in [4.78, 5) is 15.2. The van der Waals surface area contributed by atoms with Crippen molar-refractivity contribution in [1.82, 2.24) is 0 Å². The number of benzene rings is 3. The molecule has 1 unspecified atom stereocenters. The van der Waals surface area contributed by atoms with Crippen molar-refractivity contribution in [3.8, 4) is 11.8 Å². The molecule has 0 saturated heterocycles. The van der Waals surface area contributed by atoms with Crippen LogP contribution in [-0.4, -0.2) is 5.78 Å². The first-order chi connectivity index (χ1) is 18.3. The van der Waals surface area contributed by atoms with Gasteiger partial charge in [-0.15, -0.1) is 0 Å². The van der Waals surface area contributed by atoms with Gasteiger partial charge in [-0.1, -0.05) is 28.1 Å². The van der Waals surface area contributed by atoms with Crippen LogP contribution in [-0.2, 0) is 11.4 Å². The fourth-order valence-corrected chi connectivity index (χ4v) is 5.62. The van der Waals surface area contributed by atoms with Gasteiger partial charge in [0.15, 0.2) is 5.78 Å². The maximum Gasteiger partial charge on any atom is 0.161 e. The Kier molecular flexibility index (Phi) is 7.09. The lowest BCUT2D eigenvalue weighted by atomic mass is 9.74. The fraction of sp³-hybridized carbons (Fsp3) is 0.226. The molecule has 192 valence electrons. The number of carbonyl (C=O) groups is 1. The second-order valence-electron chi connectivity index (χ2n) is 9.67. The van der Waals surface area contributed by atoms with E-state index in [2.05, 4.69) is 28.1 Å². The van der Waals surface area contributed by atoms with Gasteiger partial charge in [-0.25, -0.2) is 4.39 Å². The van der Waals surface area contributed by atoms with Crippen LogP contribution in [0, 0.1) is 31.0 Å². The Morgan fingerprint density at radius 1 is 1.08 bits per heavy atom. The van der Waals surface area contributed by atoms with Gasteiger partial charge in [0.2, 0.25) is 0 Å². The predicted molar refractivity (Wildman–Crippen MR) is 149 cm³/mol. The summed E-state index contributed by atoms with van der Waals surface area (Å²) < 4.78 is 20.7. The highest BCUT2D eigenvalue weighted by atomic mass is 79.9. The molecular weight excluding hydrogens is 545 g/mol. The number of ketones is 1. The van der Waals surface area contributed by atoms with Gasteiger partial charge in [-0.05, 0) is 97.5 Å². The van der Waals surface area contributed by atoms with Crippen molar-refractivity contribution in [2.75, 3.05) is 4.90 Å². The topological polar surface area (TPSA) is 79.4 Å². The molecule has 3 aromatic rings. The second kappa shape index (κ2) is 10.5. The van der Waals surface area contributed by atoms with E-state index in [1.807, 2.05) is 44.2 Å². The maximum atomic E-state index is 13.7. The number of anilines is 1. The van der Waals surface area contributed by atoms with Crippen molar-refractivity contribution in [1.29, 1.82) is 5.26 Å². The van der Waals surface area contributed by atoms with Crippen molar-refractivity contribution in [3.05, 3.63) is 116 Å². The van der Waals surface area contributed by atoms with Gasteiger partial charge in [0, 0.05) is 27.9 Å². The Bertz CT molecular complexity index is 1520. The molecule has 1 heterocycles. The third kappa shape index (κ3) is 4.72. The van der Waals surface area contributed by atoms with E-state index in [1.54, 1.807) is 17.0 Å². The zero-order chi connectivity index (χ0) is 27.0. The first-order valence-corrected chi connectivity index (χ1v) is 13.3. The number of allylic oxidation sites excluding steroid dienone is 3. The molecule has 1 aliphatic carbocycles. The summed E-state index contributed by atoms with van der Waals surface area (Å²) in [5.74, 6) is 0.0818. The smallest absolute Gasteiger partial charge is 0.161 e. The molecule has 2 aliphatic rings. The van der Waals surface area contributed by atoms with Gasteiger partial charge in [-0.2, -0.15) is 5.26 Å².